The van der Waals surface area contributed by atoms with Gasteiger partial charge in [-0.3, -0.25) is 4.79 Å². The standard InChI is InChI=1S/C16H24N2O3S2/c1-12(2)10-23(20,21)18-6-5-16(11-18)8-14(16)15(19)17-9-13-4-3-7-22-13/h3-4,7,12,14H,5-6,8-11H2,1-2H3,(H,17,19). The Bertz CT molecular complexity index is 670. The van der Waals surface area contributed by atoms with E-state index >= 15 is 0 Å². The molecule has 1 spiro atoms. The number of nitrogens with one attached hydrogen (secondary N) is 1. The van der Waals surface area contributed by atoms with E-state index in [1.807, 2.05) is 31.4 Å². The van der Waals surface area contributed by atoms with Gasteiger partial charge in [-0.1, -0.05) is 19.9 Å². The second-order valence-corrected chi connectivity index (χ2v) is 10.2. The van der Waals surface area contributed by atoms with Crippen LogP contribution in [-0.2, 0) is 21.4 Å². The van der Waals surface area contributed by atoms with Gasteiger partial charge in [0.05, 0.1) is 12.3 Å². The van der Waals surface area contributed by atoms with E-state index in [1.54, 1.807) is 15.6 Å². The predicted octanol–water partition coefficient (Wildman–Crippen LogP) is 2.06. The summed E-state index contributed by atoms with van der Waals surface area (Å²) >= 11 is 1.63. The second kappa shape index (κ2) is 6.18. The van der Waals surface area contributed by atoms with Gasteiger partial charge in [0.15, 0.2) is 0 Å². The molecule has 1 saturated carbocycles. The Labute approximate surface area is 142 Å². The lowest BCUT2D eigenvalue weighted by atomic mass is 10.0. The van der Waals surface area contributed by atoms with Crippen molar-refractivity contribution in [2.24, 2.45) is 17.3 Å². The summed E-state index contributed by atoms with van der Waals surface area (Å²) in [5, 5.41) is 4.98. The van der Waals surface area contributed by atoms with Crippen molar-refractivity contribution in [1.29, 1.82) is 0 Å². The van der Waals surface area contributed by atoms with Gasteiger partial charge in [0.25, 0.3) is 0 Å². The molecule has 2 heterocycles. The summed E-state index contributed by atoms with van der Waals surface area (Å²) in [5.41, 5.74) is -0.108. The summed E-state index contributed by atoms with van der Waals surface area (Å²) in [5.74, 6) is 0.363. The molecule has 1 aliphatic heterocycles. The van der Waals surface area contributed by atoms with E-state index in [1.165, 1.54) is 0 Å². The smallest absolute Gasteiger partial charge is 0.224 e. The highest BCUT2D eigenvalue weighted by Crippen LogP contribution is 2.59. The molecule has 2 atom stereocenters. The Morgan fingerprint density at radius 1 is 1.52 bits per heavy atom. The van der Waals surface area contributed by atoms with Gasteiger partial charge in [-0.2, -0.15) is 0 Å². The van der Waals surface area contributed by atoms with Gasteiger partial charge in [-0.25, -0.2) is 12.7 Å². The van der Waals surface area contributed by atoms with Crippen molar-refractivity contribution in [2.45, 2.75) is 33.2 Å². The van der Waals surface area contributed by atoms with Crippen LogP contribution < -0.4 is 5.32 Å². The molecule has 3 rings (SSSR count). The molecule has 0 radical (unpaired) electrons. The zero-order valence-electron chi connectivity index (χ0n) is 13.6. The van der Waals surface area contributed by atoms with E-state index in [4.69, 9.17) is 0 Å². The van der Waals surface area contributed by atoms with Crippen LogP contribution >= 0.6 is 11.3 Å². The average molecular weight is 357 g/mol. The molecular formula is C16H24N2O3S2. The van der Waals surface area contributed by atoms with Crippen LogP contribution in [0.4, 0.5) is 0 Å². The molecular weight excluding hydrogens is 332 g/mol. The van der Waals surface area contributed by atoms with Crippen LogP contribution in [-0.4, -0.2) is 37.5 Å². The number of rotatable bonds is 6. The molecule has 1 amide bonds. The molecule has 7 heteroatoms. The molecule has 1 saturated heterocycles. The Morgan fingerprint density at radius 3 is 2.96 bits per heavy atom. The SMILES string of the molecule is CC(C)CS(=O)(=O)N1CCC2(CC2C(=O)NCc2cccs2)C1. The lowest BCUT2D eigenvalue weighted by Crippen LogP contribution is -2.33. The summed E-state index contributed by atoms with van der Waals surface area (Å²) < 4.78 is 26.3. The van der Waals surface area contributed by atoms with Gasteiger partial charge >= 0.3 is 0 Å². The summed E-state index contributed by atoms with van der Waals surface area (Å²) in [6.45, 7) is 5.48. The number of hydrogen-bond acceptors (Lipinski definition) is 4. The van der Waals surface area contributed by atoms with E-state index in [2.05, 4.69) is 5.32 Å². The van der Waals surface area contributed by atoms with Crippen LogP contribution in [0.15, 0.2) is 17.5 Å². The largest absolute Gasteiger partial charge is 0.351 e. The zero-order valence-corrected chi connectivity index (χ0v) is 15.3. The number of carbonyl (C=O) groups is 1. The van der Waals surface area contributed by atoms with Gasteiger partial charge in [-0.05, 0) is 35.6 Å². The molecule has 1 aromatic heterocycles. The fraction of sp³-hybridized carbons (Fsp3) is 0.688. The highest BCUT2D eigenvalue weighted by Gasteiger charge is 2.61. The molecule has 1 aromatic rings. The van der Waals surface area contributed by atoms with Crippen LogP contribution in [0.25, 0.3) is 0 Å². The molecule has 0 bridgehead atoms. The van der Waals surface area contributed by atoms with E-state index in [0.29, 0.717) is 19.6 Å². The normalized spacial score (nSPS) is 27.7. The molecule has 23 heavy (non-hydrogen) atoms. The van der Waals surface area contributed by atoms with E-state index in [0.717, 1.165) is 17.7 Å². The first-order valence-electron chi connectivity index (χ1n) is 8.10. The highest BCUT2D eigenvalue weighted by molar-refractivity contribution is 7.89. The van der Waals surface area contributed by atoms with E-state index < -0.39 is 10.0 Å². The summed E-state index contributed by atoms with van der Waals surface area (Å²) in [7, 11) is -3.18. The van der Waals surface area contributed by atoms with Gasteiger partial charge in [0.1, 0.15) is 0 Å². The summed E-state index contributed by atoms with van der Waals surface area (Å²) in [6.07, 6.45) is 1.62. The first kappa shape index (κ1) is 16.9. The van der Waals surface area contributed by atoms with Gasteiger partial charge in [0, 0.05) is 23.9 Å². The summed E-state index contributed by atoms with van der Waals surface area (Å²) in [6, 6.07) is 3.97. The maximum atomic E-state index is 12.3. The van der Waals surface area contributed by atoms with Crippen molar-refractivity contribution in [3.05, 3.63) is 22.4 Å². The number of carbonyl (C=O) groups excluding carboxylic acids is 1. The van der Waals surface area contributed by atoms with Crippen molar-refractivity contribution in [3.63, 3.8) is 0 Å². The van der Waals surface area contributed by atoms with Crippen molar-refractivity contribution < 1.29 is 13.2 Å². The molecule has 2 unspecified atom stereocenters. The lowest BCUT2D eigenvalue weighted by Gasteiger charge is -2.18. The first-order chi connectivity index (χ1) is 10.8. The first-order valence-corrected chi connectivity index (χ1v) is 10.6. The van der Waals surface area contributed by atoms with E-state index in [9.17, 15) is 13.2 Å². The van der Waals surface area contributed by atoms with Crippen LogP contribution in [0.1, 0.15) is 31.6 Å². The van der Waals surface area contributed by atoms with Crippen LogP contribution in [0.2, 0.25) is 0 Å². The number of nitrogens with zero attached hydrogens (tertiary/aromatic N) is 1. The molecule has 2 fully saturated rings. The number of sulfonamides is 1. The third-order valence-corrected chi connectivity index (χ3v) is 7.87. The maximum absolute atomic E-state index is 12.3. The molecule has 1 aliphatic carbocycles. The van der Waals surface area contributed by atoms with Crippen LogP contribution in [0.3, 0.4) is 0 Å². The molecule has 128 valence electrons. The molecule has 2 aliphatic rings. The fourth-order valence-electron chi connectivity index (χ4n) is 3.50. The maximum Gasteiger partial charge on any atom is 0.224 e. The minimum atomic E-state index is -3.18. The highest BCUT2D eigenvalue weighted by atomic mass is 32.2. The average Bonchev–Trinajstić information content (AvgIpc) is 2.82. The molecule has 1 N–H and O–H groups in total. The third kappa shape index (κ3) is 3.61. The fourth-order valence-corrected chi connectivity index (χ4v) is 6.02. The van der Waals surface area contributed by atoms with Gasteiger partial charge < -0.3 is 5.32 Å². The number of amides is 1. The van der Waals surface area contributed by atoms with Gasteiger partial charge in [-0.15, -0.1) is 11.3 Å². The molecule has 0 aromatic carbocycles. The third-order valence-electron chi connectivity index (χ3n) is 4.81. The van der Waals surface area contributed by atoms with E-state index in [-0.39, 0.29) is 28.9 Å². The van der Waals surface area contributed by atoms with Crippen molar-refractivity contribution in [2.75, 3.05) is 18.8 Å². The minimum absolute atomic E-state index is 0.0262. The summed E-state index contributed by atoms with van der Waals surface area (Å²) in [4.78, 5) is 13.5. The van der Waals surface area contributed by atoms with Crippen molar-refractivity contribution >= 4 is 27.3 Å². The zero-order chi connectivity index (χ0) is 16.7. The topological polar surface area (TPSA) is 66.5 Å². The Balaban J connectivity index is 1.54. The quantitative estimate of drug-likeness (QED) is 0.848. The lowest BCUT2D eigenvalue weighted by molar-refractivity contribution is -0.123. The number of thiophene rings is 1. The van der Waals surface area contributed by atoms with Crippen molar-refractivity contribution in [3.8, 4) is 0 Å². The van der Waals surface area contributed by atoms with Crippen LogP contribution in [0, 0.1) is 17.3 Å². The predicted molar refractivity (Wildman–Crippen MR) is 91.5 cm³/mol. The Morgan fingerprint density at radius 2 is 2.30 bits per heavy atom. The monoisotopic (exact) mass is 356 g/mol. The number of hydrogen-bond donors (Lipinski definition) is 1. The molecule has 5 nitrogen and oxygen atoms in total. The second-order valence-electron chi connectivity index (χ2n) is 7.17. The van der Waals surface area contributed by atoms with Gasteiger partial charge in [0.2, 0.25) is 15.9 Å². The Hall–Kier alpha value is -0.920. The minimum Gasteiger partial charge on any atom is -0.351 e. The van der Waals surface area contributed by atoms with Crippen LogP contribution in [0.5, 0.6) is 0 Å². The Kier molecular flexibility index (Phi) is 4.55. The van der Waals surface area contributed by atoms with Crippen molar-refractivity contribution in [1.82, 2.24) is 9.62 Å².